The summed E-state index contributed by atoms with van der Waals surface area (Å²) in [4.78, 5) is 38.9. The van der Waals surface area contributed by atoms with Gasteiger partial charge in [0.15, 0.2) is 0 Å². The van der Waals surface area contributed by atoms with Crippen molar-refractivity contribution in [3.05, 3.63) is 33.7 Å². The summed E-state index contributed by atoms with van der Waals surface area (Å²) in [5.41, 5.74) is -0.714. The maximum Gasteiger partial charge on any atom is 0.373 e. The highest BCUT2D eigenvalue weighted by atomic mass is 16.5. The molecule has 1 N–H and O–H groups in total. The fraction of sp³-hybridized carbons (Fsp3) is 0.429. The maximum absolute atomic E-state index is 11.9. The predicted octanol–water partition coefficient (Wildman–Crippen LogP) is 0.656. The molecule has 0 spiro atoms. The number of ether oxygens (including phenoxy) is 2. The fourth-order valence-corrected chi connectivity index (χ4v) is 2.14. The van der Waals surface area contributed by atoms with Crippen molar-refractivity contribution in [1.29, 1.82) is 0 Å². The molecule has 1 aliphatic rings. The summed E-state index contributed by atoms with van der Waals surface area (Å²) in [6.07, 6.45) is 1.64. The first kappa shape index (κ1) is 15.7. The molecule has 0 saturated carbocycles. The van der Waals surface area contributed by atoms with Crippen molar-refractivity contribution in [3.63, 3.8) is 0 Å². The quantitative estimate of drug-likeness (QED) is 0.494. The lowest BCUT2D eigenvalue weighted by atomic mass is 10.2. The van der Waals surface area contributed by atoms with E-state index in [1.807, 2.05) is 0 Å². The molecule has 8 nitrogen and oxygen atoms in total. The average Bonchev–Trinajstić information content (AvgIpc) is 2.88. The maximum atomic E-state index is 11.9. The summed E-state index contributed by atoms with van der Waals surface area (Å²) in [6.45, 7) is 3.90. The molecular formula is C14H16N2O6. The van der Waals surface area contributed by atoms with Gasteiger partial charge in [-0.15, -0.1) is 0 Å². The SMILES string of the molecule is CCOC(=O)/C(O)=C1\CCn2cc(C(=O)OCC)c(=O)nc21. The molecule has 1 aromatic heterocycles. The molecule has 1 aromatic rings. The number of allylic oxidation sites excluding steroid dienone is 1. The smallest absolute Gasteiger partial charge is 0.373 e. The summed E-state index contributed by atoms with van der Waals surface area (Å²) in [5.74, 6) is -2.02. The van der Waals surface area contributed by atoms with Crippen LogP contribution < -0.4 is 5.56 Å². The minimum Gasteiger partial charge on any atom is -0.502 e. The number of hydrogen-bond acceptors (Lipinski definition) is 7. The highest BCUT2D eigenvalue weighted by Gasteiger charge is 2.27. The van der Waals surface area contributed by atoms with E-state index in [9.17, 15) is 19.5 Å². The van der Waals surface area contributed by atoms with Crippen LogP contribution in [0.2, 0.25) is 0 Å². The van der Waals surface area contributed by atoms with Gasteiger partial charge in [-0.1, -0.05) is 0 Å². The second kappa shape index (κ2) is 6.42. The minimum atomic E-state index is -0.866. The number of carbonyl (C=O) groups is 2. The number of aromatic nitrogens is 2. The van der Waals surface area contributed by atoms with Crippen molar-refractivity contribution in [2.45, 2.75) is 26.8 Å². The first-order chi connectivity index (χ1) is 10.5. The van der Waals surface area contributed by atoms with E-state index in [4.69, 9.17) is 9.47 Å². The van der Waals surface area contributed by atoms with Crippen molar-refractivity contribution in [2.75, 3.05) is 13.2 Å². The van der Waals surface area contributed by atoms with Gasteiger partial charge in [0.25, 0.3) is 5.56 Å². The third-order valence-corrected chi connectivity index (χ3v) is 3.12. The van der Waals surface area contributed by atoms with Crippen LogP contribution in [0.5, 0.6) is 0 Å². The Bertz CT molecular complexity index is 704. The Balaban J connectivity index is 2.44. The van der Waals surface area contributed by atoms with Crippen molar-refractivity contribution < 1.29 is 24.2 Å². The predicted molar refractivity (Wildman–Crippen MR) is 75.3 cm³/mol. The summed E-state index contributed by atoms with van der Waals surface area (Å²) in [5, 5.41) is 9.91. The van der Waals surface area contributed by atoms with Crippen molar-refractivity contribution in [1.82, 2.24) is 9.55 Å². The van der Waals surface area contributed by atoms with E-state index in [0.29, 0.717) is 13.0 Å². The monoisotopic (exact) mass is 308 g/mol. The second-order valence-corrected chi connectivity index (χ2v) is 4.49. The molecule has 0 bridgehead atoms. The Morgan fingerprint density at radius 3 is 2.64 bits per heavy atom. The van der Waals surface area contributed by atoms with Crippen LogP contribution in [0, 0.1) is 0 Å². The van der Waals surface area contributed by atoms with Gasteiger partial charge < -0.3 is 19.1 Å². The number of aryl methyl sites for hydroxylation is 1. The van der Waals surface area contributed by atoms with Gasteiger partial charge in [0.1, 0.15) is 11.4 Å². The zero-order chi connectivity index (χ0) is 16.3. The first-order valence-corrected chi connectivity index (χ1v) is 6.87. The molecule has 2 rings (SSSR count). The van der Waals surface area contributed by atoms with Gasteiger partial charge in [0, 0.05) is 18.3 Å². The lowest BCUT2D eigenvalue weighted by molar-refractivity contribution is -0.141. The standard InChI is InChI=1S/C14H16N2O6/c1-3-21-13(19)9-7-16-6-5-8(11(16)15-12(9)18)10(17)14(20)22-4-2/h7,17H,3-6H2,1-2H3/b10-8-. The van der Waals surface area contributed by atoms with Gasteiger partial charge in [0.2, 0.25) is 5.76 Å². The molecule has 0 fully saturated rings. The summed E-state index contributed by atoms with van der Waals surface area (Å²) >= 11 is 0. The molecule has 8 heteroatoms. The van der Waals surface area contributed by atoms with Crippen molar-refractivity contribution in [3.8, 4) is 0 Å². The highest BCUT2D eigenvalue weighted by Crippen LogP contribution is 2.27. The lowest BCUT2D eigenvalue weighted by Crippen LogP contribution is -2.23. The zero-order valence-corrected chi connectivity index (χ0v) is 12.3. The number of rotatable bonds is 4. The van der Waals surface area contributed by atoms with E-state index in [2.05, 4.69) is 4.98 Å². The normalized spacial score (nSPS) is 15.2. The molecule has 0 aliphatic carbocycles. The number of nitrogens with zero attached hydrogens (tertiary/aromatic N) is 2. The Hall–Kier alpha value is -2.64. The molecule has 118 valence electrons. The number of aliphatic hydroxyl groups is 1. The van der Waals surface area contributed by atoms with Crippen molar-refractivity contribution >= 4 is 17.5 Å². The van der Waals surface area contributed by atoms with Crippen molar-refractivity contribution in [2.24, 2.45) is 0 Å². The zero-order valence-electron chi connectivity index (χ0n) is 12.3. The van der Waals surface area contributed by atoms with Gasteiger partial charge >= 0.3 is 11.9 Å². The third-order valence-electron chi connectivity index (χ3n) is 3.12. The second-order valence-electron chi connectivity index (χ2n) is 4.49. The molecule has 1 aliphatic heterocycles. The van der Waals surface area contributed by atoms with Crippen LogP contribution >= 0.6 is 0 Å². The van der Waals surface area contributed by atoms with Crippen LogP contribution in [0.25, 0.3) is 5.57 Å². The summed E-state index contributed by atoms with van der Waals surface area (Å²) < 4.78 is 11.0. The van der Waals surface area contributed by atoms with Gasteiger partial charge in [0.05, 0.1) is 13.2 Å². The Labute approximate surface area is 126 Å². The summed E-state index contributed by atoms with van der Waals surface area (Å²) in [7, 11) is 0. The van der Waals surface area contributed by atoms with E-state index in [-0.39, 0.29) is 30.2 Å². The average molecular weight is 308 g/mol. The molecular weight excluding hydrogens is 292 g/mol. The van der Waals surface area contributed by atoms with E-state index in [0.717, 1.165) is 0 Å². The molecule has 2 heterocycles. The van der Waals surface area contributed by atoms with E-state index >= 15 is 0 Å². The fourth-order valence-electron chi connectivity index (χ4n) is 2.14. The number of carbonyl (C=O) groups excluding carboxylic acids is 2. The van der Waals surface area contributed by atoms with Gasteiger partial charge in [-0.2, -0.15) is 4.98 Å². The third kappa shape index (κ3) is 2.85. The van der Waals surface area contributed by atoms with Gasteiger partial charge in [-0.3, -0.25) is 4.79 Å². The summed E-state index contributed by atoms with van der Waals surface area (Å²) in [6, 6.07) is 0. The van der Waals surface area contributed by atoms with E-state index in [1.165, 1.54) is 10.8 Å². The van der Waals surface area contributed by atoms with E-state index < -0.39 is 23.3 Å². The molecule has 0 amide bonds. The van der Waals surface area contributed by atoms with Crippen LogP contribution in [0.15, 0.2) is 16.8 Å². The van der Waals surface area contributed by atoms with Crippen LogP contribution in [-0.4, -0.2) is 39.8 Å². The van der Waals surface area contributed by atoms with E-state index in [1.54, 1.807) is 13.8 Å². The Kier molecular flexibility index (Phi) is 4.59. The van der Waals surface area contributed by atoms with Crippen LogP contribution in [0.4, 0.5) is 0 Å². The van der Waals surface area contributed by atoms with Gasteiger partial charge in [-0.05, 0) is 20.3 Å². The number of aliphatic hydroxyl groups excluding tert-OH is 1. The van der Waals surface area contributed by atoms with Gasteiger partial charge in [-0.25, -0.2) is 9.59 Å². The first-order valence-electron chi connectivity index (χ1n) is 6.87. The van der Waals surface area contributed by atoms with Crippen LogP contribution in [-0.2, 0) is 20.8 Å². The molecule has 0 radical (unpaired) electrons. The Morgan fingerprint density at radius 2 is 2.00 bits per heavy atom. The highest BCUT2D eigenvalue weighted by molar-refractivity contribution is 5.95. The number of hydrogen-bond donors (Lipinski definition) is 1. The minimum absolute atomic E-state index is 0.123. The lowest BCUT2D eigenvalue weighted by Gasteiger charge is -2.07. The van der Waals surface area contributed by atoms with Crippen LogP contribution in [0.1, 0.15) is 36.5 Å². The molecule has 0 saturated heterocycles. The molecule has 0 atom stereocenters. The molecule has 22 heavy (non-hydrogen) atoms. The number of fused-ring (bicyclic) bond motifs is 1. The number of esters is 2. The molecule has 0 unspecified atom stereocenters. The topological polar surface area (TPSA) is 108 Å². The largest absolute Gasteiger partial charge is 0.502 e. The Morgan fingerprint density at radius 1 is 1.32 bits per heavy atom. The molecule has 0 aromatic carbocycles. The van der Waals surface area contributed by atoms with Crippen LogP contribution in [0.3, 0.4) is 0 Å².